The van der Waals surface area contributed by atoms with Gasteiger partial charge in [-0.1, -0.05) is 18.2 Å². The van der Waals surface area contributed by atoms with Gasteiger partial charge in [0.2, 0.25) is 0 Å². The van der Waals surface area contributed by atoms with Gasteiger partial charge in [0, 0.05) is 24.1 Å². The van der Waals surface area contributed by atoms with Crippen LogP contribution in [0.1, 0.15) is 11.3 Å². The average molecular weight is 265 g/mol. The van der Waals surface area contributed by atoms with E-state index in [0.29, 0.717) is 12.2 Å². The Bertz CT molecular complexity index is 633. The van der Waals surface area contributed by atoms with Crippen LogP contribution >= 0.6 is 0 Å². The first-order valence-electron chi connectivity index (χ1n) is 5.47. The number of para-hydroxylation sites is 1. The number of rotatable bonds is 4. The van der Waals surface area contributed by atoms with E-state index in [4.69, 9.17) is 5.14 Å². The van der Waals surface area contributed by atoms with Crippen molar-refractivity contribution in [3.8, 4) is 0 Å². The minimum Gasteiger partial charge on any atom is -0.381 e. The minimum absolute atomic E-state index is 0.554. The zero-order chi connectivity index (χ0) is 13.2. The lowest BCUT2D eigenvalue weighted by molar-refractivity contribution is 0.588. The number of nitrogens with one attached hydrogen (secondary N) is 1. The molecule has 6 heteroatoms. The molecule has 3 N–H and O–H groups in total. The largest absolute Gasteiger partial charge is 0.381 e. The molecule has 0 atom stereocenters. The normalized spacial score (nSPS) is 11.4. The Morgan fingerprint density at radius 2 is 1.89 bits per heavy atom. The van der Waals surface area contributed by atoms with E-state index in [-0.39, 0.29) is 0 Å². The highest BCUT2D eigenvalue weighted by molar-refractivity contribution is 7.87. The predicted molar refractivity (Wildman–Crippen MR) is 71.4 cm³/mol. The maximum Gasteiger partial charge on any atom is 0.302 e. The summed E-state index contributed by atoms with van der Waals surface area (Å²) in [5.41, 5.74) is 2.51. The van der Waals surface area contributed by atoms with Gasteiger partial charge in [-0.3, -0.25) is 0 Å². The third kappa shape index (κ3) is 2.72. The van der Waals surface area contributed by atoms with E-state index in [2.05, 4.69) is 5.32 Å². The molecule has 0 fully saturated rings. The number of anilines is 1. The Morgan fingerprint density at radius 3 is 2.44 bits per heavy atom. The van der Waals surface area contributed by atoms with E-state index in [9.17, 15) is 8.42 Å². The van der Waals surface area contributed by atoms with Crippen molar-refractivity contribution in [2.24, 2.45) is 5.14 Å². The lowest BCUT2D eigenvalue weighted by atomic mass is 10.2. The summed E-state index contributed by atoms with van der Waals surface area (Å²) in [5.74, 6) is 0. The highest BCUT2D eigenvalue weighted by Gasteiger charge is 2.11. The maximum atomic E-state index is 11.3. The van der Waals surface area contributed by atoms with Gasteiger partial charge < -0.3 is 5.32 Å². The van der Waals surface area contributed by atoms with Gasteiger partial charge in [0.05, 0.1) is 0 Å². The van der Waals surface area contributed by atoms with Gasteiger partial charge >= 0.3 is 10.2 Å². The monoisotopic (exact) mass is 265 g/mol. The van der Waals surface area contributed by atoms with Gasteiger partial charge in [-0.05, 0) is 30.7 Å². The number of hydrogen-bond acceptors (Lipinski definition) is 3. The van der Waals surface area contributed by atoms with Gasteiger partial charge in [0.15, 0.2) is 0 Å². The van der Waals surface area contributed by atoms with Gasteiger partial charge in [-0.2, -0.15) is 8.42 Å². The predicted octanol–water partition coefficient (Wildman–Crippen LogP) is 1.46. The summed E-state index contributed by atoms with van der Waals surface area (Å²) in [4.78, 5) is 0. The second-order valence-corrected chi connectivity index (χ2v) is 5.41. The molecule has 5 nitrogen and oxygen atoms in total. The maximum absolute atomic E-state index is 11.3. The first-order valence-corrected chi connectivity index (χ1v) is 6.98. The zero-order valence-corrected chi connectivity index (χ0v) is 10.8. The van der Waals surface area contributed by atoms with Crippen LogP contribution in [0.3, 0.4) is 0 Å². The summed E-state index contributed by atoms with van der Waals surface area (Å²) in [5, 5.41) is 8.31. The standard InChI is InChI=1S/C12H15N3O2S/c1-10-11(7-8-15(10)18(13,16)17)9-14-12-5-3-2-4-6-12/h2-8,14H,9H2,1H3,(H2,13,16,17). The summed E-state index contributed by atoms with van der Waals surface area (Å²) in [6.45, 7) is 2.28. The number of hydrogen-bond donors (Lipinski definition) is 2. The Labute approximate surface area is 106 Å². The van der Waals surface area contributed by atoms with E-state index in [1.807, 2.05) is 30.3 Å². The molecule has 1 aromatic heterocycles. The van der Waals surface area contributed by atoms with Crippen LogP contribution in [0.4, 0.5) is 5.69 Å². The molecule has 1 aromatic carbocycles. The molecular weight excluding hydrogens is 250 g/mol. The van der Waals surface area contributed by atoms with Crippen LogP contribution in [0.25, 0.3) is 0 Å². The number of nitrogens with two attached hydrogens (primary N) is 1. The van der Waals surface area contributed by atoms with Crippen molar-refractivity contribution in [1.29, 1.82) is 0 Å². The first kappa shape index (κ1) is 12.7. The summed E-state index contributed by atoms with van der Waals surface area (Å²) in [6, 6.07) is 11.5. The molecule has 0 aliphatic heterocycles. The molecular formula is C12H15N3O2S. The summed E-state index contributed by atoms with van der Waals surface area (Å²) in [7, 11) is -3.71. The lowest BCUT2D eigenvalue weighted by Crippen LogP contribution is -2.22. The molecule has 0 aliphatic carbocycles. The lowest BCUT2D eigenvalue weighted by Gasteiger charge is -2.07. The Hall–Kier alpha value is -1.79. The van der Waals surface area contributed by atoms with Crippen LogP contribution < -0.4 is 10.5 Å². The van der Waals surface area contributed by atoms with Crippen LogP contribution in [0.2, 0.25) is 0 Å². The minimum atomic E-state index is -3.71. The molecule has 1 heterocycles. The van der Waals surface area contributed by atoms with E-state index in [0.717, 1.165) is 15.2 Å². The van der Waals surface area contributed by atoms with Gasteiger partial charge in [-0.15, -0.1) is 0 Å². The molecule has 0 unspecified atom stereocenters. The highest BCUT2D eigenvalue weighted by atomic mass is 32.2. The highest BCUT2D eigenvalue weighted by Crippen LogP contribution is 2.14. The molecule has 0 spiro atoms. The van der Waals surface area contributed by atoms with Crippen molar-refractivity contribution in [2.75, 3.05) is 5.32 Å². The van der Waals surface area contributed by atoms with Crippen LogP contribution in [0.5, 0.6) is 0 Å². The molecule has 0 aliphatic rings. The molecule has 2 aromatic rings. The Balaban J connectivity index is 2.14. The second kappa shape index (κ2) is 4.83. The summed E-state index contributed by atoms with van der Waals surface area (Å²) >= 11 is 0. The summed E-state index contributed by atoms with van der Waals surface area (Å²) in [6.07, 6.45) is 1.46. The van der Waals surface area contributed by atoms with Crippen molar-refractivity contribution in [3.63, 3.8) is 0 Å². The Morgan fingerprint density at radius 1 is 1.22 bits per heavy atom. The van der Waals surface area contributed by atoms with E-state index in [1.165, 1.54) is 6.20 Å². The third-order valence-corrected chi connectivity index (χ3v) is 3.68. The fourth-order valence-corrected chi connectivity index (χ4v) is 2.48. The molecule has 0 saturated heterocycles. The molecule has 96 valence electrons. The fourth-order valence-electron chi connectivity index (χ4n) is 1.75. The quantitative estimate of drug-likeness (QED) is 0.878. The van der Waals surface area contributed by atoms with Crippen molar-refractivity contribution in [1.82, 2.24) is 3.97 Å². The number of aromatic nitrogens is 1. The van der Waals surface area contributed by atoms with Crippen LogP contribution in [-0.4, -0.2) is 12.4 Å². The third-order valence-electron chi connectivity index (χ3n) is 2.74. The molecule has 0 bridgehead atoms. The van der Waals surface area contributed by atoms with E-state index in [1.54, 1.807) is 13.0 Å². The van der Waals surface area contributed by atoms with Gasteiger partial charge in [-0.25, -0.2) is 9.11 Å². The topological polar surface area (TPSA) is 77.1 Å². The van der Waals surface area contributed by atoms with E-state index >= 15 is 0 Å². The van der Waals surface area contributed by atoms with Crippen molar-refractivity contribution >= 4 is 15.9 Å². The second-order valence-electron chi connectivity index (χ2n) is 3.99. The van der Waals surface area contributed by atoms with Crippen LogP contribution in [0.15, 0.2) is 42.6 Å². The van der Waals surface area contributed by atoms with Gasteiger partial charge in [0.1, 0.15) is 0 Å². The first-order chi connectivity index (χ1) is 8.48. The van der Waals surface area contributed by atoms with E-state index < -0.39 is 10.2 Å². The SMILES string of the molecule is Cc1c(CNc2ccccc2)ccn1S(N)(=O)=O. The summed E-state index contributed by atoms with van der Waals surface area (Å²) < 4.78 is 23.6. The number of benzene rings is 1. The smallest absolute Gasteiger partial charge is 0.302 e. The fraction of sp³-hybridized carbons (Fsp3) is 0.167. The van der Waals surface area contributed by atoms with Crippen molar-refractivity contribution in [3.05, 3.63) is 53.9 Å². The molecule has 0 radical (unpaired) electrons. The zero-order valence-electron chi connectivity index (χ0n) is 10.00. The molecule has 18 heavy (non-hydrogen) atoms. The molecule has 0 amide bonds. The van der Waals surface area contributed by atoms with Crippen LogP contribution in [0, 0.1) is 6.92 Å². The molecule has 0 saturated carbocycles. The number of nitrogens with zero attached hydrogens (tertiary/aromatic N) is 1. The van der Waals surface area contributed by atoms with Crippen molar-refractivity contribution in [2.45, 2.75) is 13.5 Å². The average Bonchev–Trinajstić information content (AvgIpc) is 2.69. The van der Waals surface area contributed by atoms with Gasteiger partial charge in [0.25, 0.3) is 0 Å². The molecule has 2 rings (SSSR count). The van der Waals surface area contributed by atoms with Crippen molar-refractivity contribution < 1.29 is 8.42 Å². The Kier molecular flexibility index (Phi) is 3.40. The van der Waals surface area contributed by atoms with Crippen LogP contribution in [-0.2, 0) is 16.8 Å².